The van der Waals surface area contributed by atoms with E-state index in [4.69, 9.17) is 10.2 Å². The Morgan fingerprint density at radius 3 is 2.62 bits per heavy atom. The molecular formula is C16H19BrN2O2. The summed E-state index contributed by atoms with van der Waals surface area (Å²) in [6.07, 6.45) is 0. The molecule has 1 heterocycles. The lowest BCUT2D eigenvalue weighted by atomic mass is 10.1. The van der Waals surface area contributed by atoms with Crippen molar-refractivity contribution in [3.8, 4) is 0 Å². The van der Waals surface area contributed by atoms with E-state index in [2.05, 4.69) is 15.9 Å². The van der Waals surface area contributed by atoms with Crippen LogP contribution in [0.25, 0.3) is 0 Å². The standard InChI is InChI=1S/C16H19BrN2O2/c1-10(2)19(9-12-8-7-11(3)21-12)16(20)13-5-4-6-14(18)15(13)17/h4-8,10H,9,18H2,1-3H3. The predicted octanol–water partition coefficient (Wildman–Crippen LogP) is 3.98. The maximum atomic E-state index is 12.8. The molecular weight excluding hydrogens is 332 g/mol. The molecule has 0 aliphatic heterocycles. The zero-order valence-electron chi connectivity index (χ0n) is 12.4. The molecule has 112 valence electrons. The Hall–Kier alpha value is -1.75. The lowest BCUT2D eigenvalue weighted by Crippen LogP contribution is -2.36. The number of hydrogen-bond acceptors (Lipinski definition) is 3. The van der Waals surface area contributed by atoms with E-state index in [-0.39, 0.29) is 11.9 Å². The fourth-order valence-corrected chi connectivity index (χ4v) is 2.53. The van der Waals surface area contributed by atoms with Crippen LogP contribution in [0.5, 0.6) is 0 Å². The molecule has 1 amide bonds. The zero-order chi connectivity index (χ0) is 15.6. The molecule has 0 radical (unpaired) electrons. The number of rotatable bonds is 4. The van der Waals surface area contributed by atoms with Crippen molar-refractivity contribution in [2.45, 2.75) is 33.4 Å². The summed E-state index contributed by atoms with van der Waals surface area (Å²) in [5.74, 6) is 1.54. The molecule has 0 atom stereocenters. The van der Waals surface area contributed by atoms with Crippen LogP contribution in [0, 0.1) is 6.92 Å². The van der Waals surface area contributed by atoms with Crippen LogP contribution in [0.2, 0.25) is 0 Å². The van der Waals surface area contributed by atoms with Crippen molar-refractivity contribution in [1.29, 1.82) is 0 Å². The molecule has 2 N–H and O–H groups in total. The van der Waals surface area contributed by atoms with Crippen LogP contribution < -0.4 is 5.73 Å². The normalized spacial score (nSPS) is 10.9. The molecule has 0 aliphatic rings. The first-order valence-corrected chi connectivity index (χ1v) is 7.59. The molecule has 1 aromatic carbocycles. The lowest BCUT2D eigenvalue weighted by molar-refractivity contribution is 0.0674. The summed E-state index contributed by atoms with van der Waals surface area (Å²) in [6.45, 7) is 6.28. The molecule has 2 rings (SSSR count). The molecule has 5 heteroatoms. The van der Waals surface area contributed by atoms with Crippen LogP contribution >= 0.6 is 15.9 Å². The summed E-state index contributed by atoms with van der Waals surface area (Å²) in [5, 5.41) is 0. The van der Waals surface area contributed by atoms with Gasteiger partial charge in [-0.25, -0.2) is 0 Å². The van der Waals surface area contributed by atoms with E-state index in [1.165, 1.54) is 0 Å². The maximum Gasteiger partial charge on any atom is 0.255 e. The monoisotopic (exact) mass is 350 g/mol. The molecule has 21 heavy (non-hydrogen) atoms. The average Bonchev–Trinajstić information content (AvgIpc) is 2.84. The first-order chi connectivity index (χ1) is 9.90. The van der Waals surface area contributed by atoms with E-state index in [9.17, 15) is 4.79 Å². The number of furan rings is 1. The fourth-order valence-electron chi connectivity index (χ4n) is 2.10. The summed E-state index contributed by atoms with van der Waals surface area (Å²) in [7, 11) is 0. The van der Waals surface area contributed by atoms with Gasteiger partial charge in [0.25, 0.3) is 5.91 Å². The summed E-state index contributed by atoms with van der Waals surface area (Å²) in [5.41, 5.74) is 6.97. The first-order valence-electron chi connectivity index (χ1n) is 6.80. The van der Waals surface area contributed by atoms with Gasteiger partial charge >= 0.3 is 0 Å². The van der Waals surface area contributed by atoms with Gasteiger partial charge in [0.2, 0.25) is 0 Å². The van der Waals surface area contributed by atoms with Crippen molar-refractivity contribution >= 4 is 27.5 Å². The van der Waals surface area contributed by atoms with Gasteiger partial charge in [-0.15, -0.1) is 0 Å². The number of carbonyl (C=O) groups excluding carboxylic acids is 1. The highest BCUT2D eigenvalue weighted by molar-refractivity contribution is 9.10. The van der Waals surface area contributed by atoms with Gasteiger partial charge in [0.15, 0.2) is 0 Å². The van der Waals surface area contributed by atoms with Gasteiger partial charge in [-0.3, -0.25) is 4.79 Å². The average molecular weight is 351 g/mol. The number of nitrogens with zero attached hydrogens (tertiary/aromatic N) is 1. The molecule has 0 aliphatic carbocycles. The van der Waals surface area contributed by atoms with Crippen LogP contribution in [-0.4, -0.2) is 16.8 Å². The molecule has 0 unspecified atom stereocenters. The number of benzene rings is 1. The largest absolute Gasteiger partial charge is 0.464 e. The molecule has 0 bridgehead atoms. The lowest BCUT2D eigenvalue weighted by Gasteiger charge is -2.26. The van der Waals surface area contributed by atoms with Crippen molar-refractivity contribution < 1.29 is 9.21 Å². The van der Waals surface area contributed by atoms with Gasteiger partial charge < -0.3 is 15.1 Å². The third kappa shape index (κ3) is 3.47. The predicted molar refractivity (Wildman–Crippen MR) is 87.0 cm³/mol. The second kappa shape index (κ2) is 6.35. The maximum absolute atomic E-state index is 12.8. The van der Waals surface area contributed by atoms with Gasteiger partial charge in [0.1, 0.15) is 11.5 Å². The number of hydrogen-bond donors (Lipinski definition) is 1. The van der Waals surface area contributed by atoms with E-state index in [1.807, 2.05) is 32.9 Å². The SMILES string of the molecule is Cc1ccc(CN(C(=O)c2cccc(N)c2Br)C(C)C)o1. The number of aryl methyl sites for hydroxylation is 1. The topological polar surface area (TPSA) is 59.5 Å². The Labute approximate surface area is 133 Å². The third-order valence-corrected chi connectivity index (χ3v) is 4.15. The Bertz CT molecular complexity index is 649. The molecule has 1 aromatic heterocycles. The highest BCUT2D eigenvalue weighted by Crippen LogP contribution is 2.26. The first kappa shape index (κ1) is 15.6. The number of nitrogen functional groups attached to an aromatic ring is 1. The van der Waals surface area contributed by atoms with Gasteiger partial charge in [-0.05, 0) is 61.0 Å². The molecule has 4 nitrogen and oxygen atoms in total. The molecule has 0 spiro atoms. The Morgan fingerprint density at radius 1 is 1.33 bits per heavy atom. The molecule has 0 saturated heterocycles. The molecule has 0 saturated carbocycles. The Balaban J connectivity index is 2.29. The van der Waals surface area contributed by atoms with Crippen molar-refractivity contribution in [1.82, 2.24) is 4.90 Å². The van der Waals surface area contributed by atoms with Gasteiger partial charge in [-0.2, -0.15) is 0 Å². The second-order valence-corrected chi connectivity index (χ2v) is 6.04. The number of halogens is 1. The van der Waals surface area contributed by atoms with Crippen molar-refractivity contribution in [3.63, 3.8) is 0 Å². The highest BCUT2D eigenvalue weighted by atomic mass is 79.9. The minimum Gasteiger partial charge on any atom is -0.464 e. The zero-order valence-corrected chi connectivity index (χ0v) is 14.0. The Kier molecular flexibility index (Phi) is 4.73. The minimum absolute atomic E-state index is 0.0521. The van der Waals surface area contributed by atoms with Crippen molar-refractivity contribution in [2.75, 3.05) is 5.73 Å². The van der Waals surface area contributed by atoms with Crippen LogP contribution in [-0.2, 0) is 6.54 Å². The van der Waals surface area contributed by atoms with Crippen LogP contribution in [0.15, 0.2) is 39.2 Å². The van der Waals surface area contributed by atoms with Crippen LogP contribution in [0.1, 0.15) is 35.7 Å². The third-order valence-electron chi connectivity index (χ3n) is 3.27. The summed E-state index contributed by atoms with van der Waals surface area (Å²) >= 11 is 3.39. The van der Waals surface area contributed by atoms with E-state index >= 15 is 0 Å². The molecule has 2 aromatic rings. The fraction of sp³-hybridized carbons (Fsp3) is 0.312. The number of anilines is 1. The van der Waals surface area contributed by atoms with Crippen LogP contribution in [0.3, 0.4) is 0 Å². The summed E-state index contributed by atoms with van der Waals surface area (Å²) in [6, 6.07) is 9.16. The van der Waals surface area contributed by atoms with E-state index in [0.717, 1.165) is 11.5 Å². The smallest absolute Gasteiger partial charge is 0.255 e. The minimum atomic E-state index is -0.0711. The van der Waals surface area contributed by atoms with Crippen molar-refractivity contribution in [2.24, 2.45) is 0 Å². The van der Waals surface area contributed by atoms with E-state index in [1.54, 1.807) is 23.1 Å². The Morgan fingerprint density at radius 2 is 2.05 bits per heavy atom. The number of amides is 1. The van der Waals surface area contributed by atoms with Crippen molar-refractivity contribution in [3.05, 3.63) is 51.9 Å². The quantitative estimate of drug-likeness (QED) is 0.848. The summed E-state index contributed by atoms with van der Waals surface area (Å²) < 4.78 is 6.21. The van der Waals surface area contributed by atoms with Gasteiger partial charge in [0, 0.05) is 11.7 Å². The summed E-state index contributed by atoms with van der Waals surface area (Å²) in [4.78, 5) is 14.5. The highest BCUT2D eigenvalue weighted by Gasteiger charge is 2.22. The molecule has 0 fully saturated rings. The van der Waals surface area contributed by atoms with Gasteiger partial charge in [-0.1, -0.05) is 6.07 Å². The van der Waals surface area contributed by atoms with Crippen LogP contribution in [0.4, 0.5) is 5.69 Å². The van der Waals surface area contributed by atoms with E-state index in [0.29, 0.717) is 22.3 Å². The van der Waals surface area contributed by atoms with Gasteiger partial charge in [0.05, 0.1) is 16.6 Å². The number of carbonyl (C=O) groups is 1. The number of nitrogens with two attached hydrogens (primary N) is 1. The second-order valence-electron chi connectivity index (χ2n) is 5.25. The van der Waals surface area contributed by atoms with E-state index < -0.39 is 0 Å².